The van der Waals surface area contributed by atoms with Crippen LogP contribution in [0.3, 0.4) is 0 Å². The number of nitrogens with one attached hydrogen (secondary N) is 2. The highest BCUT2D eigenvalue weighted by Crippen LogP contribution is 2.21. The van der Waals surface area contributed by atoms with Crippen LogP contribution < -0.4 is 10.4 Å². The van der Waals surface area contributed by atoms with Crippen LogP contribution in [0.5, 0.6) is 0 Å². The average molecular weight is 377 g/mol. The van der Waals surface area contributed by atoms with E-state index in [0.29, 0.717) is 17.1 Å². The minimum Gasteiger partial charge on any atom is -0.860 e. The summed E-state index contributed by atoms with van der Waals surface area (Å²) in [5, 5.41) is 29.3. The van der Waals surface area contributed by atoms with Gasteiger partial charge in [-0.2, -0.15) is 5.21 Å². The summed E-state index contributed by atoms with van der Waals surface area (Å²) < 4.78 is 0. The standard InChI is InChI=1S/C20H22N6O2/c1-13(2)18(22-17(27)11-14-7-4-3-5-8-14)20(28)21-16-10-6-9-15(12-16)19-23-25-26-24-19/h3-10,12-13,18H,11H2,1-2H3,(H,21,28)(H,22,27)(H,23,24,25,26)/p-1/t18-/m0/s1. The molecule has 2 N–H and O–H groups in total. The molecule has 0 fully saturated rings. The van der Waals surface area contributed by atoms with Gasteiger partial charge in [0.05, 0.1) is 18.2 Å². The highest BCUT2D eigenvalue weighted by Gasteiger charge is 2.17. The number of hydrogen-bond acceptors (Lipinski definition) is 6. The molecule has 0 radical (unpaired) electrons. The zero-order valence-corrected chi connectivity index (χ0v) is 15.7. The van der Waals surface area contributed by atoms with E-state index in [2.05, 4.69) is 30.9 Å². The molecule has 0 aliphatic rings. The van der Waals surface area contributed by atoms with E-state index in [1.165, 1.54) is 0 Å². The largest absolute Gasteiger partial charge is 0.860 e. The van der Waals surface area contributed by atoms with E-state index in [4.69, 9.17) is 0 Å². The van der Waals surface area contributed by atoms with E-state index in [-0.39, 0.29) is 18.2 Å². The molecule has 8 heteroatoms. The second kappa shape index (κ2) is 8.90. The number of aromatic nitrogens is 4. The van der Waals surface area contributed by atoms with Crippen molar-refractivity contribution in [1.29, 1.82) is 0 Å². The molecule has 0 bridgehead atoms. The normalized spacial score (nSPS) is 12.8. The number of carbonyl (C=O) groups is 1. The molecule has 1 amide bonds. The molecule has 2 aromatic carbocycles. The van der Waals surface area contributed by atoms with Gasteiger partial charge < -0.3 is 10.4 Å². The zero-order chi connectivity index (χ0) is 19.9. The number of tetrazole rings is 1. The molecular weight excluding hydrogens is 356 g/mol. The van der Waals surface area contributed by atoms with E-state index < -0.39 is 11.9 Å². The molecule has 3 aromatic rings. The van der Waals surface area contributed by atoms with Crippen molar-refractivity contribution < 1.29 is 9.90 Å². The molecule has 0 saturated heterocycles. The molecule has 3 rings (SSSR count). The predicted molar refractivity (Wildman–Crippen MR) is 104 cm³/mol. The first-order valence-corrected chi connectivity index (χ1v) is 8.95. The minimum absolute atomic E-state index is 0.101. The Labute approximate surface area is 162 Å². The number of hydrogen-bond donors (Lipinski definition) is 2. The van der Waals surface area contributed by atoms with Crippen LogP contribution in [-0.4, -0.2) is 38.5 Å². The van der Waals surface area contributed by atoms with Crippen molar-refractivity contribution in [2.24, 2.45) is 10.9 Å². The number of aliphatic imine (C=N–C) groups is 1. The molecule has 1 heterocycles. The Hall–Kier alpha value is -3.55. The first kappa shape index (κ1) is 19.2. The van der Waals surface area contributed by atoms with Gasteiger partial charge in [-0.05, 0) is 34.7 Å². The fourth-order valence-electron chi connectivity index (χ4n) is 2.71. The molecule has 0 unspecified atom stereocenters. The lowest BCUT2D eigenvalue weighted by atomic mass is 10.0. The van der Waals surface area contributed by atoms with Gasteiger partial charge in [-0.3, -0.25) is 9.79 Å². The second-order valence-corrected chi connectivity index (χ2v) is 6.69. The van der Waals surface area contributed by atoms with Crippen LogP contribution in [0.2, 0.25) is 0 Å². The molecule has 28 heavy (non-hydrogen) atoms. The third kappa shape index (κ3) is 5.00. The number of nitrogens with zero attached hydrogens (tertiary/aromatic N) is 4. The summed E-state index contributed by atoms with van der Waals surface area (Å²) in [7, 11) is 0. The van der Waals surface area contributed by atoms with Crippen molar-refractivity contribution in [3.8, 4) is 11.4 Å². The highest BCUT2D eigenvalue weighted by molar-refractivity contribution is 5.88. The molecule has 1 aromatic heterocycles. The van der Waals surface area contributed by atoms with Gasteiger partial charge >= 0.3 is 0 Å². The predicted octanol–water partition coefficient (Wildman–Crippen LogP) is 1.64. The van der Waals surface area contributed by atoms with Gasteiger partial charge in [-0.1, -0.05) is 56.3 Å². The molecule has 144 valence electrons. The Morgan fingerprint density at radius 1 is 1.18 bits per heavy atom. The Balaban J connectivity index is 1.74. The van der Waals surface area contributed by atoms with Crippen LogP contribution in [0.4, 0.5) is 5.69 Å². The van der Waals surface area contributed by atoms with Crippen molar-refractivity contribution in [2.75, 3.05) is 0 Å². The van der Waals surface area contributed by atoms with Crippen LogP contribution in [-0.2, 0) is 11.2 Å². The van der Waals surface area contributed by atoms with E-state index >= 15 is 0 Å². The maximum Gasteiger partial charge on any atom is 0.224 e. The van der Waals surface area contributed by atoms with Gasteiger partial charge in [-0.25, -0.2) is 0 Å². The summed E-state index contributed by atoms with van der Waals surface area (Å²) in [4.78, 5) is 16.5. The number of aromatic amines is 1. The van der Waals surface area contributed by atoms with Gasteiger partial charge in [0.2, 0.25) is 11.7 Å². The fourth-order valence-corrected chi connectivity index (χ4v) is 2.71. The SMILES string of the molecule is CC(C)[C@H](NC(=O)Cc1ccccc1)C([O-])=Nc1cccc(-c2nn[nH]n2)c1. The molecule has 8 nitrogen and oxygen atoms in total. The Morgan fingerprint density at radius 3 is 2.64 bits per heavy atom. The van der Waals surface area contributed by atoms with Crippen molar-refractivity contribution in [1.82, 2.24) is 25.9 Å². The van der Waals surface area contributed by atoms with E-state index in [1.54, 1.807) is 24.3 Å². The quantitative estimate of drug-likeness (QED) is 0.479. The van der Waals surface area contributed by atoms with Crippen LogP contribution in [0.15, 0.2) is 59.6 Å². The number of carbonyl (C=O) groups excluding carboxylic acids is 1. The summed E-state index contributed by atoms with van der Waals surface area (Å²) in [6.07, 6.45) is 0.213. The van der Waals surface area contributed by atoms with Crippen molar-refractivity contribution in [3.63, 3.8) is 0 Å². The smallest absolute Gasteiger partial charge is 0.224 e. The fraction of sp³-hybridized carbons (Fsp3) is 0.250. The van der Waals surface area contributed by atoms with Crippen molar-refractivity contribution in [2.45, 2.75) is 26.3 Å². The lowest BCUT2D eigenvalue weighted by molar-refractivity contribution is -0.222. The number of amides is 1. The average Bonchev–Trinajstić information content (AvgIpc) is 3.22. The summed E-state index contributed by atoms with van der Waals surface area (Å²) >= 11 is 0. The summed E-state index contributed by atoms with van der Waals surface area (Å²) in [6.45, 7) is 3.74. The van der Waals surface area contributed by atoms with E-state index in [0.717, 1.165) is 5.56 Å². The third-order valence-corrected chi connectivity index (χ3v) is 4.15. The lowest BCUT2D eigenvalue weighted by Gasteiger charge is -2.27. The minimum atomic E-state index is -0.704. The van der Waals surface area contributed by atoms with Crippen LogP contribution in [0.25, 0.3) is 11.4 Å². The molecule has 0 spiro atoms. The summed E-state index contributed by atoms with van der Waals surface area (Å²) in [6, 6.07) is 15.7. The highest BCUT2D eigenvalue weighted by atomic mass is 16.3. The first-order valence-electron chi connectivity index (χ1n) is 8.95. The topological polar surface area (TPSA) is 119 Å². The number of H-pyrrole nitrogens is 1. The zero-order valence-electron chi connectivity index (χ0n) is 15.7. The van der Waals surface area contributed by atoms with Gasteiger partial charge in [0.25, 0.3) is 0 Å². The molecular formula is C20H21N6O2-. The van der Waals surface area contributed by atoms with E-state index in [1.807, 2.05) is 44.2 Å². The number of rotatable bonds is 7. The Morgan fingerprint density at radius 2 is 1.96 bits per heavy atom. The Kier molecular flexibility index (Phi) is 6.11. The van der Waals surface area contributed by atoms with Crippen molar-refractivity contribution >= 4 is 17.5 Å². The van der Waals surface area contributed by atoms with E-state index in [9.17, 15) is 9.90 Å². The maximum absolute atomic E-state index is 12.7. The van der Waals surface area contributed by atoms with Gasteiger partial charge in [0, 0.05) is 5.56 Å². The molecule has 0 aliphatic carbocycles. The van der Waals surface area contributed by atoms with Gasteiger partial charge in [0.1, 0.15) is 0 Å². The monoisotopic (exact) mass is 377 g/mol. The third-order valence-electron chi connectivity index (χ3n) is 4.15. The molecule has 0 aliphatic heterocycles. The van der Waals surface area contributed by atoms with Gasteiger partial charge in [0.15, 0.2) is 0 Å². The Bertz CT molecular complexity index is 938. The van der Waals surface area contributed by atoms with Crippen LogP contribution >= 0.6 is 0 Å². The van der Waals surface area contributed by atoms with Crippen molar-refractivity contribution in [3.05, 3.63) is 60.2 Å². The maximum atomic E-state index is 12.7. The van der Waals surface area contributed by atoms with Gasteiger partial charge in [-0.15, -0.1) is 10.2 Å². The number of benzene rings is 2. The summed E-state index contributed by atoms with van der Waals surface area (Å²) in [5.41, 5.74) is 2.05. The molecule has 0 saturated carbocycles. The van der Waals surface area contributed by atoms with Crippen LogP contribution in [0, 0.1) is 5.92 Å². The second-order valence-electron chi connectivity index (χ2n) is 6.69. The van der Waals surface area contributed by atoms with Crippen LogP contribution in [0.1, 0.15) is 19.4 Å². The first-order chi connectivity index (χ1) is 13.5. The summed E-state index contributed by atoms with van der Waals surface area (Å²) in [5.74, 6) is -0.298. The lowest BCUT2D eigenvalue weighted by Crippen LogP contribution is -2.49. The molecule has 1 atom stereocenters.